The lowest BCUT2D eigenvalue weighted by Crippen LogP contribution is -2.30. The molecule has 1 heteroatoms. The third kappa shape index (κ3) is 2.28. The average Bonchev–Trinajstić information content (AvgIpc) is 2.09. The van der Waals surface area contributed by atoms with Crippen molar-refractivity contribution in [2.75, 3.05) is 11.4 Å². The number of rotatable bonds is 3. The zero-order valence-electron chi connectivity index (χ0n) is 9.96. The molecule has 0 aliphatic heterocycles. The van der Waals surface area contributed by atoms with Crippen LogP contribution in [-0.4, -0.2) is 12.6 Å². The lowest BCUT2D eigenvalue weighted by molar-refractivity contribution is 0.701. The molecule has 1 aromatic carbocycles. The molecule has 1 nitrogen and oxygen atoms in total. The van der Waals surface area contributed by atoms with Crippen LogP contribution in [0, 0.1) is 13.8 Å². The highest BCUT2D eigenvalue weighted by atomic mass is 15.1. The quantitative estimate of drug-likeness (QED) is 0.706. The van der Waals surface area contributed by atoms with Crippen LogP contribution in [0.5, 0.6) is 0 Å². The molecule has 0 atom stereocenters. The Labute approximate surface area is 87.7 Å². The molecule has 1 aromatic rings. The van der Waals surface area contributed by atoms with Gasteiger partial charge in [0.25, 0.3) is 0 Å². The molecule has 0 radical (unpaired) electrons. The second-order valence-electron chi connectivity index (χ2n) is 4.17. The molecule has 0 aliphatic rings. The Bertz CT molecular complexity index is 302. The van der Waals surface area contributed by atoms with E-state index in [1.165, 1.54) is 16.8 Å². The number of aryl methyl sites for hydroxylation is 2. The van der Waals surface area contributed by atoms with E-state index in [9.17, 15) is 0 Å². The minimum absolute atomic E-state index is 0.571. The molecule has 0 N–H and O–H groups in total. The highest BCUT2D eigenvalue weighted by Gasteiger charge is 2.09. The van der Waals surface area contributed by atoms with Crippen LogP contribution < -0.4 is 4.90 Å². The highest BCUT2D eigenvalue weighted by molar-refractivity contribution is 5.54. The SMILES string of the molecule is CCN(c1ccc(C)cc1C)C(C)C. The Morgan fingerprint density at radius 2 is 1.86 bits per heavy atom. The molecule has 0 saturated heterocycles. The molecule has 0 amide bonds. The Balaban J connectivity index is 3.04. The Kier molecular flexibility index (Phi) is 3.56. The third-order valence-corrected chi connectivity index (χ3v) is 2.63. The van der Waals surface area contributed by atoms with Crippen molar-refractivity contribution in [1.82, 2.24) is 0 Å². The molecule has 0 fully saturated rings. The molecule has 14 heavy (non-hydrogen) atoms. The van der Waals surface area contributed by atoms with Gasteiger partial charge in [0.2, 0.25) is 0 Å². The summed E-state index contributed by atoms with van der Waals surface area (Å²) < 4.78 is 0. The lowest BCUT2D eigenvalue weighted by Gasteiger charge is -2.29. The highest BCUT2D eigenvalue weighted by Crippen LogP contribution is 2.22. The Hall–Kier alpha value is -0.980. The fraction of sp³-hybridized carbons (Fsp3) is 0.538. The zero-order valence-corrected chi connectivity index (χ0v) is 9.96. The van der Waals surface area contributed by atoms with Gasteiger partial charge >= 0.3 is 0 Å². The maximum atomic E-state index is 2.43. The van der Waals surface area contributed by atoms with Crippen LogP contribution in [0.25, 0.3) is 0 Å². The second-order valence-corrected chi connectivity index (χ2v) is 4.17. The topological polar surface area (TPSA) is 3.24 Å². The predicted octanol–water partition coefficient (Wildman–Crippen LogP) is 3.54. The first-order valence-electron chi connectivity index (χ1n) is 5.40. The largest absolute Gasteiger partial charge is 0.369 e. The number of hydrogen-bond acceptors (Lipinski definition) is 1. The van der Waals surface area contributed by atoms with E-state index in [2.05, 4.69) is 57.7 Å². The van der Waals surface area contributed by atoms with Gasteiger partial charge in [0.05, 0.1) is 0 Å². The van der Waals surface area contributed by atoms with Crippen molar-refractivity contribution in [3.63, 3.8) is 0 Å². The molecule has 0 unspecified atom stereocenters. The minimum Gasteiger partial charge on any atom is -0.369 e. The fourth-order valence-electron chi connectivity index (χ4n) is 1.94. The van der Waals surface area contributed by atoms with E-state index in [0.717, 1.165) is 6.54 Å². The lowest BCUT2D eigenvalue weighted by atomic mass is 10.1. The van der Waals surface area contributed by atoms with Crippen LogP contribution in [-0.2, 0) is 0 Å². The van der Waals surface area contributed by atoms with E-state index >= 15 is 0 Å². The first kappa shape index (κ1) is 11.1. The molecule has 1 rings (SSSR count). The standard InChI is InChI=1S/C13H21N/c1-6-14(10(2)3)13-8-7-11(4)9-12(13)5/h7-10H,6H2,1-5H3. The number of nitrogens with zero attached hydrogens (tertiary/aromatic N) is 1. The number of benzene rings is 1. The normalized spacial score (nSPS) is 10.7. The van der Waals surface area contributed by atoms with Crippen LogP contribution in [0.15, 0.2) is 18.2 Å². The minimum atomic E-state index is 0.571. The summed E-state index contributed by atoms with van der Waals surface area (Å²) in [6.07, 6.45) is 0. The summed E-state index contributed by atoms with van der Waals surface area (Å²) in [7, 11) is 0. The average molecular weight is 191 g/mol. The van der Waals surface area contributed by atoms with Gasteiger partial charge in [-0.05, 0) is 46.2 Å². The molecular weight excluding hydrogens is 170 g/mol. The number of anilines is 1. The van der Waals surface area contributed by atoms with E-state index < -0.39 is 0 Å². The van der Waals surface area contributed by atoms with Crippen LogP contribution in [0.2, 0.25) is 0 Å². The summed E-state index contributed by atoms with van der Waals surface area (Å²) in [6.45, 7) is 12.1. The van der Waals surface area contributed by atoms with E-state index in [1.54, 1.807) is 0 Å². The maximum Gasteiger partial charge on any atom is 0.0398 e. The van der Waals surface area contributed by atoms with Gasteiger partial charge in [0.1, 0.15) is 0 Å². The fourth-order valence-corrected chi connectivity index (χ4v) is 1.94. The van der Waals surface area contributed by atoms with Crippen molar-refractivity contribution in [1.29, 1.82) is 0 Å². The van der Waals surface area contributed by atoms with Gasteiger partial charge in [0, 0.05) is 18.3 Å². The molecule has 0 aliphatic carbocycles. The summed E-state index contributed by atoms with van der Waals surface area (Å²) in [5.74, 6) is 0. The van der Waals surface area contributed by atoms with Crippen LogP contribution in [0.3, 0.4) is 0 Å². The smallest absolute Gasteiger partial charge is 0.0398 e. The molecule has 0 aromatic heterocycles. The van der Waals surface area contributed by atoms with Gasteiger partial charge in [-0.25, -0.2) is 0 Å². The summed E-state index contributed by atoms with van der Waals surface area (Å²) in [4.78, 5) is 2.43. The van der Waals surface area contributed by atoms with Crippen molar-refractivity contribution >= 4 is 5.69 Å². The summed E-state index contributed by atoms with van der Waals surface area (Å²) in [5, 5.41) is 0. The number of hydrogen-bond donors (Lipinski definition) is 0. The molecule has 78 valence electrons. The second kappa shape index (κ2) is 4.50. The van der Waals surface area contributed by atoms with Gasteiger partial charge in [-0.3, -0.25) is 0 Å². The van der Waals surface area contributed by atoms with Gasteiger partial charge in [-0.15, -0.1) is 0 Å². The van der Waals surface area contributed by atoms with Crippen molar-refractivity contribution in [2.24, 2.45) is 0 Å². The molecule has 0 spiro atoms. The van der Waals surface area contributed by atoms with Crippen molar-refractivity contribution in [2.45, 2.75) is 40.7 Å². The molecule has 0 bridgehead atoms. The van der Waals surface area contributed by atoms with Gasteiger partial charge in [0.15, 0.2) is 0 Å². The Morgan fingerprint density at radius 3 is 2.29 bits per heavy atom. The van der Waals surface area contributed by atoms with Gasteiger partial charge in [-0.2, -0.15) is 0 Å². The van der Waals surface area contributed by atoms with E-state index in [-0.39, 0.29) is 0 Å². The summed E-state index contributed by atoms with van der Waals surface area (Å²) >= 11 is 0. The van der Waals surface area contributed by atoms with Crippen LogP contribution in [0.1, 0.15) is 31.9 Å². The van der Waals surface area contributed by atoms with Crippen LogP contribution in [0.4, 0.5) is 5.69 Å². The van der Waals surface area contributed by atoms with Crippen molar-refractivity contribution < 1.29 is 0 Å². The van der Waals surface area contributed by atoms with Crippen molar-refractivity contribution in [3.8, 4) is 0 Å². The molecular formula is C13H21N. The van der Waals surface area contributed by atoms with E-state index in [1.807, 2.05) is 0 Å². The van der Waals surface area contributed by atoms with Crippen molar-refractivity contribution in [3.05, 3.63) is 29.3 Å². The van der Waals surface area contributed by atoms with Gasteiger partial charge < -0.3 is 4.90 Å². The monoisotopic (exact) mass is 191 g/mol. The van der Waals surface area contributed by atoms with E-state index in [0.29, 0.717) is 6.04 Å². The predicted molar refractivity (Wildman–Crippen MR) is 64.1 cm³/mol. The first-order chi connectivity index (χ1) is 6.56. The van der Waals surface area contributed by atoms with Gasteiger partial charge in [-0.1, -0.05) is 17.7 Å². The summed E-state index contributed by atoms with van der Waals surface area (Å²) in [5.41, 5.74) is 4.08. The first-order valence-corrected chi connectivity index (χ1v) is 5.40. The maximum absolute atomic E-state index is 2.43. The molecule has 0 heterocycles. The Morgan fingerprint density at radius 1 is 1.21 bits per heavy atom. The third-order valence-electron chi connectivity index (χ3n) is 2.63. The van der Waals surface area contributed by atoms with E-state index in [4.69, 9.17) is 0 Å². The zero-order chi connectivity index (χ0) is 10.7. The van der Waals surface area contributed by atoms with Crippen LogP contribution >= 0.6 is 0 Å². The molecule has 0 saturated carbocycles. The summed E-state index contributed by atoms with van der Waals surface area (Å²) in [6, 6.07) is 7.24.